The molecule has 0 aromatic heterocycles. The molecule has 0 amide bonds. The molecule has 1 saturated heterocycles. The SMILES string of the molecule is COC(=O)/C=C/N(C)CC1(O)CCOCC1. The second-order valence-electron chi connectivity index (χ2n) is 4.09. The van der Waals surface area contributed by atoms with Gasteiger partial charge in [-0.25, -0.2) is 4.79 Å². The minimum absolute atomic E-state index is 0.397. The molecule has 0 radical (unpaired) electrons. The van der Waals surface area contributed by atoms with Crippen LogP contribution >= 0.6 is 0 Å². The molecule has 0 saturated carbocycles. The zero-order valence-electron chi connectivity index (χ0n) is 9.81. The summed E-state index contributed by atoms with van der Waals surface area (Å²) in [4.78, 5) is 12.7. The summed E-state index contributed by atoms with van der Waals surface area (Å²) in [6.07, 6.45) is 4.20. The van der Waals surface area contributed by atoms with E-state index in [1.165, 1.54) is 13.2 Å². The van der Waals surface area contributed by atoms with Gasteiger partial charge in [0, 0.05) is 51.9 Å². The number of carbonyl (C=O) groups is 1. The Labute approximate surface area is 95.6 Å². The number of nitrogens with zero attached hydrogens (tertiary/aromatic N) is 1. The van der Waals surface area contributed by atoms with Gasteiger partial charge in [0.25, 0.3) is 0 Å². The summed E-state index contributed by atoms with van der Waals surface area (Å²) in [7, 11) is 3.14. The molecule has 16 heavy (non-hydrogen) atoms. The third kappa shape index (κ3) is 4.20. The quantitative estimate of drug-likeness (QED) is 0.549. The average molecular weight is 229 g/mol. The topological polar surface area (TPSA) is 59.0 Å². The highest BCUT2D eigenvalue weighted by Crippen LogP contribution is 2.21. The first kappa shape index (κ1) is 13.0. The fraction of sp³-hybridized carbons (Fsp3) is 0.727. The molecule has 1 rings (SSSR count). The van der Waals surface area contributed by atoms with Crippen molar-refractivity contribution in [3.63, 3.8) is 0 Å². The van der Waals surface area contributed by atoms with Crippen LogP contribution in [-0.4, -0.2) is 55.5 Å². The lowest BCUT2D eigenvalue weighted by Gasteiger charge is -2.34. The molecule has 5 heteroatoms. The summed E-state index contributed by atoms with van der Waals surface area (Å²) < 4.78 is 9.67. The number of aliphatic hydroxyl groups is 1. The summed E-state index contributed by atoms with van der Waals surface area (Å²) in [6, 6.07) is 0. The average Bonchev–Trinajstić information content (AvgIpc) is 2.26. The van der Waals surface area contributed by atoms with E-state index < -0.39 is 11.6 Å². The van der Waals surface area contributed by atoms with Crippen LogP contribution in [0.4, 0.5) is 0 Å². The molecule has 0 aromatic rings. The van der Waals surface area contributed by atoms with E-state index in [9.17, 15) is 9.90 Å². The maximum Gasteiger partial charge on any atom is 0.331 e. The fourth-order valence-electron chi connectivity index (χ4n) is 1.68. The van der Waals surface area contributed by atoms with Crippen molar-refractivity contribution in [3.05, 3.63) is 12.3 Å². The second kappa shape index (κ2) is 5.86. The maximum atomic E-state index is 10.9. The number of carbonyl (C=O) groups excluding carboxylic acids is 1. The van der Waals surface area contributed by atoms with Crippen molar-refractivity contribution in [1.82, 2.24) is 4.90 Å². The van der Waals surface area contributed by atoms with Gasteiger partial charge in [-0.15, -0.1) is 0 Å². The minimum Gasteiger partial charge on any atom is -0.466 e. The number of likely N-dealkylation sites (N-methyl/N-ethyl adjacent to an activating group) is 1. The Hall–Kier alpha value is -1.07. The molecule has 1 aliphatic heterocycles. The highest BCUT2D eigenvalue weighted by atomic mass is 16.5. The van der Waals surface area contributed by atoms with E-state index in [-0.39, 0.29) is 0 Å². The van der Waals surface area contributed by atoms with Crippen LogP contribution in [0.5, 0.6) is 0 Å². The molecule has 5 nitrogen and oxygen atoms in total. The van der Waals surface area contributed by atoms with Crippen LogP contribution in [0, 0.1) is 0 Å². The van der Waals surface area contributed by atoms with Gasteiger partial charge in [-0.2, -0.15) is 0 Å². The van der Waals surface area contributed by atoms with Gasteiger partial charge in [0.15, 0.2) is 0 Å². The van der Waals surface area contributed by atoms with E-state index in [1.54, 1.807) is 11.1 Å². The fourth-order valence-corrected chi connectivity index (χ4v) is 1.68. The Kier molecular flexibility index (Phi) is 4.76. The van der Waals surface area contributed by atoms with Crippen molar-refractivity contribution >= 4 is 5.97 Å². The molecule has 1 aliphatic rings. The van der Waals surface area contributed by atoms with Crippen LogP contribution < -0.4 is 0 Å². The van der Waals surface area contributed by atoms with Gasteiger partial charge in [0.05, 0.1) is 12.7 Å². The number of hydrogen-bond acceptors (Lipinski definition) is 5. The second-order valence-corrected chi connectivity index (χ2v) is 4.09. The van der Waals surface area contributed by atoms with Crippen LogP contribution in [0.1, 0.15) is 12.8 Å². The first-order chi connectivity index (χ1) is 7.56. The zero-order valence-corrected chi connectivity index (χ0v) is 9.81. The van der Waals surface area contributed by atoms with Crippen LogP contribution in [0.3, 0.4) is 0 Å². The molecule has 1 fully saturated rings. The number of hydrogen-bond donors (Lipinski definition) is 1. The van der Waals surface area contributed by atoms with Crippen molar-refractivity contribution in [2.45, 2.75) is 18.4 Å². The van der Waals surface area contributed by atoms with E-state index >= 15 is 0 Å². The van der Waals surface area contributed by atoms with Gasteiger partial charge in [-0.1, -0.05) is 0 Å². The first-order valence-corrected chi connectivity index (χ1v) is 5.32. The molecular formula is C11H19NO4. The Balaban J connectivity index is 2.40. The lowest BCUT2D eigenvalue weighted by atomic mass is 9.94. The smallest absolute Gasteiger partial charge is 0.331 e. The Morgan fingerprint density at radius 2 is 2.19 bits per heavy atom. The summed E-state index contributed by atoms with van der Waals surface area (Å²) in [5.74, 6) is -0.397. The largest absolute Gasteiger partial charge is 0.466 e. The molecule has 92 valence electrons. The summed E-state index contributed by atoms with van der Waals surface area (Å²) in [5, 5.41) is 10.2. The minimum atomic E-state index is -0.715. The van der Waals surface area contributed by atoms with Crippen LogP contribution in [-0.2, 0) is 14.3 Å². The maximum absolute atomic E-state index is 10.9. The lowest BCUT2D eigenvalue weighted by Crippen LogP contribution is -2.44. The molecule has 0 spiro atoms. The molecule has 0 atom stereocenters. The van der Waals surface area contributed by atoms with E-state index in [4.69, 9.17) is 4.74 Å². The summed E-state index contributed by atoms with van der Waals surface area (Å²) in [5.41, 5.74) is -0.715. The van der Waals surface area contributed by atoms with Gasteiger partial charge >= 0.3 is 5.97 Å². The van der Waals surface area contributed by atoms with Crippen LogP contribution in [0.25, 0.3) is 0 Å². The van der Waals surface area contributed by atoms with Gasteiger partial charge in [-0.05, 0) is 0 Å². The summed E-state index contributed by atoms with van der Waals surface area (Å²) >= 11 is 0. The lowest BCUT2D eigenvalue weighted by molar-refractivity contribution is -0.135. The standard InChI is InChI=1S/C11H19NO4/c1-12(6-3-10(13)15-2)9-11(14)4-7-16-8-5-11/h3,6,14H,4-5,7-9H2,1-2H3/b6-3+. The van der Waals surface area contributed by atoms with Crippen molar-refractivity contribution < 1.29 is 19.4 Å². The van der Waals surface area contributed by atoms with Gasteiger partial charge in [0.2, 0.25) is 0 Å². The highest BCUT2D eigenvalue weighted by Gasteiger charge is 2.30. The van der Waals surface area contributed by atoms with Crippen LogP contribution in [0.2, 0.25) is 0 Å². The molecule has 0 aromatic carbocycles. The predicted molar refractivity (Wildman–Crippen MR) is 58.8 cm³/mol. The van der Waals surface area contributed by atoms with Gasteiger partial charge < -0.3 is 19.5 Å². The van der Waals surface area contributed by atoms with Crippen molar-refractivity contribution in [3.8, 4) is 0 Å². The Bertz CT molecular complexity index is 259. The van der Waals surface area contributed by atoms with E-state index in [0.29, 0.717) is 32.6 Å². The van der Waals surface area contributed by atoms with Crippen molar-refractivity contribution in [1.29, 1.82) is 0 Å². The van der Waals surface area contributed by atoms with Crippen molar-refractivity contribution in [2.24, 2.45) is 0 Å². The summed E-state index contributed by atoms with van der Waals surface area (Å²) in [6.45, 7) is 1.67. The van der Waals surface area contributed by atoms with Gasteiger partial charge in [0.1, 0.15) is 0 Å². The van der Waals surface area contributed by atoms with E-state index in [0.717, 1.165) is 0 Å². The number of ether oxygens (including phenoxy) is 2. The number of rotatable bonds is 4. The van der Waals surface area contributed by atoms with E-state index in [1.807, 2.05) is 7.05 Å². The highest BCUT2D eigenvalue weighted by molar-refractivity contribution is 5.81. The van der Waals surface area contributed by atoms with Crippen LogP contribution in [0.15, 0.2) is 12.3 Å². The first-order valence-electron chi connectivity index (χ1n) is 5.32. The molecule has 0 aliphatic carbocycles. The third-order valence-electron chi connectivity index (χ3n) is 2.63. The molecule has 1 heterocycles. The molecule has 0 unspecified atom stereocenters. The monoisotopic (exact) mass is 229 g/mol. The Morgan fingerprint density at radius 1 is 1.56 bits per heavy atom. The number of esters is 1. The number of methoxy groups -OCH3 is 1. The molecular weight excluding hydrogens is 210 g/mol. The van der Waals surface area contributed by atoms with Gasteiger partial charge in [-0.3, -0.25) is 0 Å². The third-order valence-corrected chi connectivity index (χ3v) is 2.63. The molecule has 1 N–H and O–H groups in total. The normalized spacial score (nSPS) is 19.7. The van der Waals surface area contributed by atoms with Crippen molar-refractivity contribution in [2.75, 3.05) is 33.9 Å². The zero-order chi connectivity index (χ0) is 12.0. The molecule has 0 bridgehead atoms. The van der Waals surface area contributed by atoms with E-state index in [2.05, 4.69) is 4.74 Å². The Morgan fingerprint density at radius 3 is 2.75 bits per heavy atom. The predicted octanol–water partition coefficient (Wildman–Crippen LogP) is 0.146.